The first-order valence-corrected chi connectivity index (χ1v) is 18.2. The first kappa shape index (κ1) is 38.4. The van der Waals surface area contributed by atoms with E-state index in [2.05, 4.69) is 37.5 Å². The number of amides is 1. The van der Waals surface area contributed by atoms with Crippen molar-refractivity contribution in [1.82, 2.24) is 9.80 Å². The fourth-order valence-corrected chi connectivity index (χ4v) is 5.71. The van der Waals surface area contributed by atoms with E-state index >= 15 is 0 Å². The third kappa shape index (κ3) is 27.4. The zero-order valence-corrected chi connectivity index (χ0v) is 27.7. The van der Waals surface area contributed by atoms with Gasteiger partial charge in [0.25, 0.3) is 0 Å². The molecule has 0 heterocycles. The maximum absolute atomic E-state index is 13.3. The van der Waals surface area contributed by atoms with Crippen molar-refractivity contribution in [1.29, 1.82) is 0 Å². The quantitative estimate of drug-likeness (QED) is 0.0777. The second kappa shape index (κ2) is 32.0. The fourth-order valence-electron chi connectivity index (χ4n) is 5.71. The Balaban J connectivity index is 4.56. The van der Waals surface area contributed by atoms with E-state index in [9.17, 15) is 4.79 Å². The van der Waals surface area contributed by atoms with Crippen LogP contribution in [0.2, 0.25) is 0 Å². The lowest BCUT2D eigenvalue weighted by Crippen LogP contribution is -2.34. The molecule has 0 fully saturated rings. The van der Waals surface area contributed by atoms with Crippen LogP contribution in [0.5, 0.6) is 0 Å². The van der Waals surface area contributed by atoms with Gasteiger partial charge in [-0.15, -0.1) is 0 Å². The van der Waals surface area contributed by atoms with Crippen molar-refractivity contribution in [2.75, 3.05) is 32.7 Å². The normalized spacial score (nSPS) is 11.5. The summed E-state index contributed by atoms with van der Waals surface area (Å²) in [5, 5.41) is 0. The van der Waals surface area contributed by atoms with Gasteiger partial charge in [-0.1, -0.05) is 156 Å². The highest BCUT2D eigenvalue weighted by Gasteiger charge is 2.14. The van der Waals surface area contributed by atoms with Crippen molar-refractivity contribution in [2.24, 2.45) is 0 Å². The minimum atomic E-state index is 0.427. The molecule has 0 rings (SSSR count). The van der Waals surface area contributed by atoms with Gasteiger partial charge in [-0.3, -0.25) is 4.79 Å². The van der Waals surface area contributed by atoms with Gasteiger partial charge in [0, 0.05) is 19.5 Å². The summed E-state index contributed by atoms with van der Waals surface area (Å²) < 4.78 is 0. The minimum Gasteiger partial charge on any atom is -0.343 e. The Bertz CT molecular complexity index is 449. The molecular weight excluding hydrogens is 476 g/mol. The van der Waals surface area contributed by atoms with Crippen LogP contribution in [0.1, 0.15) is 195 Å². The number of unbranched alkanes of at least 4 members (excludes halogenated alkanes) is 20. The lowest BCUT2D eigenvalue weighted by atomic mass is 10.1. The molecular formula is C36H74N2O. The van der Waals surface area contributed by atoms with Crippen LogP contribution in [-0.4, -0.2) is 48.4 Å². The number of carbonyl (C=O) groups excluding carboxylic acids is 1. The van der Waals surface area contributed by atoms with Crippen LogP contribution in [0.15, 0.2) is 0 Å². The summed E-state index contributed by atoms with van der Waals surface area (Å²) in [6.45, 7) is 14.7. The monoisotopic (exact) mass is 551 g/mol. The molecule has 3 heteroatoms. The molecule has 0 atom stereocenters. The summed E-state index contributed by atoms with van der Waals surface area (Å²) >= 11 is 0. The molecule has 0 aromatic rings. The van der Waals surface area contributed by atoms with Gasteiger partial charge in [0.15, 0.2) is 0 Å². The third-order valence-electron chi connectivity index (χ3n) is 8.44. The first-order valence-electron chi connectivity index (χ1n) is 18.2. The van der Waals surface area contributed by atoms with Gasteiger partial charge in [0.05, 0.1) is 0 Å². The molecule has 0 spiro atoms. The highest BCUT2D eigenvalue weighted by atomic mass is 16.2. The van der Waals surface area contributed by atoms with E-state index in [1.54, 1.807) is 0 Å². The molecule has 0 aliphatic heterocycles. The number of hydrogen-bond donors (Lipinski definition) is 0. The first-order chi connectivity index (χ1) is 19.2. The Hall–Kier alpha value is -0.570. The van der Waals surface area contributed by atoms with Crippen LogP contribution < -0.4 is 0 Å². The minimum absolute atomic E-state index is 0.427. The fraction of sp³-hybridized carbons (Fsp3) is 0.972. The Morgan fingerprint density at radius 1 is 0.359 bits per heavy atom. The van der Waals surface area contributed by atoms with Gasteiger partial charge >= 0.3 is 0 Å². The van der Waals surface area contributed by atoms with Gasteiger partial charge in [0.1, 0.15) is 0 Å². The number of nitrogens with zero attached hydrogens (tertiary/aromatic N) is 2. The van der Waals surface area contributed by atoms with Crippen LogP contribution in [0.4, 0.5) is 0 Å². The average molecular weight is 551 g/mol. The van der Waals surface area contributed by atoms with Crippen molar-refractivity contribution >= 4 is 5.91 Å². The Labute approximate surface area is 247 Å². The standard InChI is InChI=1S/C36H74N2O/c1-5-9-13-17-21-25-31-37(32-26-22-18-14-10-6-2)33-29-30-36(39)38(34-27-23-19-15-11-7-3)35-28-24-20-16-12-8-4/h5-35H2,1-4H3. The van der Waals surface area contributed by atoms with Crippen molar-refractivity contribution in [3.05, 3.63) is 0 Å². The van der Waals surface area contributed by atoms with Crippen LogP contribution >= 0.6 is 0 Å². The Morgan fingerprint density at radius 2 is 0.641 bits per heavy atom. The maximum atomic E-state index is 13.3. The summed E-state index contributed by atoms with van der Waals surface area (Å²) in [6.07, 6.45) is 33.8. The highest BCUT2D eigenvalue weighted by Crippen LogP contribution is 2.13. The molecule has 234 valence electrons. The van der Waals surface area contributed by atoms with Gasteiger partial charge in [-0.25, -0.2) is 0 Å². The lowest BCUT2D eigenvalue weighted by Gasteiger charge is -2.25. The van der Waals surface area contributed by atoms with E-state index in [1.165, 1.54) is 167 Å². The van der Waals surface area contributed by atoms with Crippen molar-refractivity contribution < 1.29 is 4.79 Å². The van der Waals surface area contributed by atoms with E-state index in [0.29, 0.717) is 5.91 Å². The summed E-state index contributed by atoms with van der Waals surface area (Å²) in [5.41, 5.74) is 0. The Kier molecular flexibility index (Phi) is 31.5. The lowest BCUT2D eigenvalue weighted by molar-refractivity contribution is -0.131. The van der Waals surface area contributed by atoms with E-state index < -0.39 is 0 Å². The largest absolute Gasteiger partial charge is 0.343 e. The summed E-state index contributed by atoms with van der Waals surface area (Å²) in [7, 11) is 0. The van der Waals surface area contributed by atoms with E-state index in [0.717, 1.165) is 32.5 Å². The molecule has 0 aliphatic carbocycles. The van der Waals surface area contributed by atoms with Gasteiger partial charge in [0.2, 0.25) is 5.91 Å². The molecule has 1 amide bonds. The highest BCUT2D eigenvalue weighted by molar-refractivity contribution is 5.76. The van der Waals surface area contributed by atoms with E-state index in [-0.39, 0.29) is 0 Å². The molecule has 0 unspecified atom stereocenters. The average Bonchev–Trinajstić information content (AvgIpc) is 2.94. The zero-order valence-electron chi connectivity index (χ0n) is 27.7. The number of rotatable bonds is 32. The van der Waals surface area contributed by atoms with Crippen LogP contribution in [-0.2, 0) is 4.79 Å². The number of carbonyl (C=O) groups is 1. The summed E-state index contributed by atoms with van der Waals surface area (Å²) in [4.78, 5) is 18.2. The predicted octanol–water partition coefficient (Wildman–Crippen LogP) is 11.3. The molecule has 3 nitrogen and oxygen atoms in total. The molecule has 0 N–H and O–H groups in total. The van der Waals surface area contributed by atoms with Gasteiger partial charge in [-0.2, -0.15) is 0 Å². The smallest absolute Gasteiger partial charge is 0.222 e. The second-order valence-electron chi connectivity index (χ2n) is 12.4. The maximum Gasteiger partial charge on any atom is 0.222 e. The van der Waals surface area contributed by atoms with Crippen LogP contribution in [0.25, 0.3) is 0 Å². The van der Waals surface area contributed by atoms with E-state index in [1.807, 2.05) is 0 Å². The third-order valence-corrected chi connectivity index (χ3v) is 8.44. The van der Waals surface area contributed by atoms with Crippen molar-refractivity contribution in [3.63, 3.8) is 0 Å². The molecule has 0 saturated carbocycles. The SMILES string of the molecule is CCCCCCCCN(CCCCCCCC)CCCC(=O)N(CCCCCCCC)CCCCCCCC. The Morgan fingerprint density at radius 3 is 1.00 bits per heavy atom. The zero-order chi connectivity index (χ0) is 28.7. The predicted molar refractivity (Wildman–Crippen MR) is 176 cm³/mol. The molecule has 0 radical (unpaired) electrons. The van der Waals surface area contributed by atoms with Crippen LogP contribution in [0.3, 0.4) is 0 Å². The van der Waals surface area contributed by atoms with Crippen molar-refractivity contribution in [2.45, 2.75) is 195 Å². The van der Waals surface area contributed by atoms with Gasteiger partial charge < -0.3 is 9.80 Å². The van der Waals surface area contributed by atoms with Crippen LogP contribution in [0, 0.1) is 0 Å². The molecule has 0 bridgehead atoms. The molecule has 39 heavy (non-hydrogen) atoms. The van der Waals surface area contributed by atoms with Gasteiger partial charge in [-0.05, 0) is 51.7 Å². The topological polar surface area (TPSA) is 23.6 Å². The summed E-state index contributed by atoms with van der Waals surface area (Å²) in [5.74, 6) is 0.427. The molecule has 0 aromatic carbocycles. The molecule has 0 aliphatic rings. The summed E-state index contributed by atoms with van der Waals surface area (Å²) in [6, 6.07) is 0. The van der Waals surface area contributed by atoms with E-state index in [4.69, 9.17) is 0 Å². The number of hydrogen-bond acceptors (Lipinski definition) is 2. The molecule has 0 saturated heterocycles. The molecule has 0 aromatic heterocycles. The second-order valence-corrected chi connectivity index (χ2v) is 12.4. The van der Waals surface area contributed by atoms with Crippen molar-refractivity contribution in [3.8, 4) is 0 Å².